The van der Waals surface area contributed by atoms with Gasteiger partial charge in [0.05, 0.1) is 37.6 Å². The van der Waals surface area contributed by atoms with E-state index in [0.29, 0.717) is 48.3 Å². The van der Waals surface area contributed by atoms with Gasteiger partial charge in [0.1, 0.15) is 61.0 Å². The Morgan fingerprint density at radius 3 is 1.97 bits per heavy atom. The SMILES string of the molecule is C[C@@H]1CC[C@@]2(OC1)O[C@H]1C[C@H]3[C@@H]4CC=C5C[C@H](O[C@@H]6O[C@@H](CO)[C@@H](O[C@@H]7O[C@@H](C)[C@H](O)[C@@H](O)[C@@H]7O)[C@H](O)[C@H]6O[C@@H]6O[C@@H](C)[C@H](O)[C@@H](O)[C@H]6O)CC[C@]5(C)[C@@H]4CC[C@]3(C)[C@@H]1[C@H]2C. The van der Waals surface area contributed by atoms with Crippen LogP contribution in [0, 0.1) is 46.3 Å². The Bertz CT molecular complexity index is 1590. The van der Waals surface area contributed by atoms with Crippen molar-refractivity contribution in [1.29, 1.82) is 0 Å². The molecule has 5 saturated heterocycles. The summed E-state index contributed by atoms with van der Waals surface area (Å²) in [5, 5.41) is 85.9. The topological polar surface area (TPSA) is 236 Å². The summed E-state index contributed by atoms with van der Waals surface area (Å²) in [6, 6.07) is 0. The fraction of sp³-hybridized carbons (Fsp3) is 0.956. The van der Waals surface area contributed by atoms with Gasteiger partial charge < -0.3 is 78.7 Å². The Morgan fingerprint density at radius 1 is 0.689 bits per heavy atom. The van der Waals surface area contributed by atoms with E-state index in [1.807, 2.05) is 0 Å². The number of aliphatic hydroxyl groups excluding tert-OH is 8. The largest absolute Gasteiger partial charge is 0.394 e. The van der Waals surface area contributed by atoms with Crippen molar-refractivity contribution in [2.24, 2.45) is 46.3 Å². The third-order valence-electron chi connectivity index (χ3n) is 17.6. The first-order valence-corrected chi connectivity index (χ1v) is 23.2. The standard InChI is InChI=1S/C45H72O16/c1-19-9-14-45(54-18-19)20(2)30-28(61-45)16-27-25-8-7-23-15-24(10-12-43(23,5)26(25)11-13-44(27,30)6)57-42-39(60-41-36(52)34(50)32(48)22(4)56-41)37(53)38(29(17-46)58-42)59-40-35(51)33(49)31(47)21(3)55-40/h7,19-22,24-42,46-53H,8-18H2,1-6H3/t19-,20-,21+,22+,24-,25-,26-,27+,28+,29+,30-,31+,32+,33-,34-,35+,36-,37+,38-,39-,40+,41+,42-,43+,44+,45-/m1/s1. The van der Waals surface area contributed by atoms with Gasteiger partial charge in [0, 0.05) is 12.3 Å². The van der Waals surface area contributed by atoms with Crippen LogP contribution < -0.4 is 0 Å². The molecule has 1 spiro atoms. The zero-order valence-corrected chi connectivity index (χ0v) is 36.5. The number of rotatable bonds is 7. The van der Waals surface area contributed by atoms with Crippen molar-refractivity contribution in [2.45, 2.75) is 209 Å². The number of allylic oxidation sites excluding steroid dienone is 1. The van der Waals surface area contributed by atoms with Gasteiger partial charge in [-0.3, -0.25) is 0 Å². The monoisotopic (exact) mass is 868 g/mol. The first-order valence-electron chi connectivity index (χ1n) is 23.2. The average Bonchev–Trinajstić information content (AvgIpc) is 3.69. The fourth-order valence-electron chi connectivity index (χ4n) is 14.0. The highest BCUT2D eigenvalue weighted by molar-refractivity contribution is 5.26. The van der Waals surface area contributed by atoms with E-state index in [0.717, 1.165) is 45.1 Å². The molecule has 9 rings (SSSR count). The Kier molecular flexibility index (Phi) is 12.4. The Hall–Kier alpha value is -0.900. The minimum Gasteiger partial charge on any atom is -0.394 e. The molecule has 61 heavy (non-hydrogen) atoms. The van der Waals surface area contributed by atoms with Crippen LogP contribution in [0.25, 0.3) is 0 Å². The third-order valence-corrected chi connectivity index (χ3v) is 17.6. The van der Waals surface area contributed by atoms with E-state index in [1.54, 1.807) is 0 Å². The first kappa shape index (κ1) is 45.3. The molecule has 5 heterocycles. The van der Waals surface area contributed by atoms with Gasteiger partial charge in [0.25, 0.3) is 0 Å². The van der Waals surface area contributed by atoms with Crippen LogP contribution in [0.3, 0.4) is 0 Å². The summed E-state index contributed by atoms with van der Waals surface area (Å²) in [4.78, 5) is 0. The van der Waals surface area contributed by atoms with E-state index >= 15 is 0 Å². The molecule has 5 aliphatic heterocycles. The fourth-order valence-corrected chi connectivity index (χ4v) is 14.0. The summed E-state index contributed by atoms with van der Waals surface area (Å²) >= 11 is 0. The summed E-state index contributed by atoms with van der Waals surface area (Å²) in [7, 11) is 0. The maximum atomic E-state index is 12.0. The van der Waals surface area contributed by atoms with Crippen molar-refractivity contribution >= 4 is 0 Å². The average molecular weight is 869 g/mol. The zero-order chi connectivity index (χ0) is 43.5. The van der Waals surface area contributed by atoms with Crippen molar-refractivity contribution in [3.8, 4) is 0 Å². The molecule has 8 N–H and O–H groups in total. The van der Waals surface area contributed by atoms with E-state index in [9.17, 15) is 40.9 Å². The molecule has 26 atom stereocenters. The third kappa shape index (κ3) is 7.42. The predicted molar refractivity (Wildman–Crippen MR) is 213 cm³/mol. The Labute approximate surface area is 358 Å². The van der Waals surface area contributed by atoms with Crippen LogP contribution in [0.4, 0.5) is 0 Å². The smallest absolute Gasteiger partial charge is 0.187 e. The first-order chi connectivity index (χ1) is 28.9. The van der Waals surface area contributed by atoms with Gasteiger partial charge in [-0.25, -0.2) is 0 Å². The number of hydrogen-bond acceptors (Lipinski definition) is 16. The summed E-state index contributed by atoms with van der Waals surface area (Å²) in [6.07, 6.45) is -10.4. The summed E-state index contributed by atoms with van der Waals surface area (Å²) in [6.45, 7) is 12.7. The van der Waals surface area contributed by atoms with E-state index in [4.69, 9.17) is 37.9 Å². The minimum atomic E-state index is -1.71. The zero-order valence-electron chi connectivity index (χ0n) is 36.5. The second kappa shape index (κ2) is 16.8. The van der Waals surface area contributed by atoms with Crippen LogP contribution in [0.15, 0.2) is 11.6 Å². The molecule has 16 nitrogen and oxygen atoms in total. The van der Waals surface area contributed by atoms with Gasteiger partial charge in [-0.05, 0) is 106 Å². The molecule has 4 aliphatic carbocycles. The molecule has 348 valence electrons. The lowest BCUT2D eigenvalue weighted by molar-refractivity contribution is -0.388. The number of aliphatic hydroxyl groups is 8. The molecular formula is C45H72O16. The van der Waals surface area contributed by atoms with Crippen LogP contribution >= 0.6 is 0 Å². The molecule has 0 bridgehead atoms. The van der Waals surface area contributed by atoms with Crippen LogP contribution in [-0.4, -0.2) is 164 Å². The van der Waals surface area contributed by atoms with Crippen LogP contribution in [-0.2, 0) is 37.9 Å². The molecule has 8 fully saturated rings. The second-order valence-corrected chi connectivity index (χ2v) is 21.1. The lowest BCUT2D eigenvalue weighted by Crippen LogP contribution is -2.66. The van der Waals surface area contributed by atoms with Crippen molar-refractivity contribution in [3.05, 3.63) is 11.6 Å². The normalized spacial score (nSPS) is 58.4. The van der Waals surface area contributed by atoms with Crippen LogP contribution in [0.5, 0.6) is 0 Å². The van der Waals surface area contributed by atoms with Crippen molar-refractivity contribution in [3.63, 3.8) is 0 Å². The minimum absolute atomic E-state index is 0.0171. The second-order valence-electron chi connectivity index (χ2n) is 21.1. The highest BCUT2D eigenvalue weighted by atomic mass is 16.8. The van der Waals surface area contributed by atoms with Crippen molar-refractivity contribution in [2.75, 3.05) is 13.2 Å². The maximum absolute atomic E-state index is 12.0. The van der Waals surface area contributed by atoms with Gasteiger partial charge in [0.15, 0.2) is 24.7 Å². The van der Waals surface area contributed by atoms with Crippen LogP contribution in [0.1, 0.15) is 99.3 Å². The molecule has 0 aromatic carbocycles. The van der Waals surface area contributed by atoms with E-state index in [-0.39, 0.29) is 23.0 Å². The molecule has 9 aliphatic rings. The molecule has 0 aromatic heterocycles. The van der Waals surface area contributed by atoms with E-state index in [1.165, 1.54) is 25.8 Å². The molecule has 0 aromatic rings. The Morgan fingerprint density at radius 2 is 1.34 bits per heavy atom. The van der Waals surface area contributed by atoms with Gasteiger partial charge in [-0.1, -0.05) is 39.3 Å². The molecule has 3 saturated carbocycles. The molecule has 0 amide bonds. The number of fused-ring (bicyclic) bond motifs is 7. The summed E-state index contributed by atoms with van der Waals surface area (Å²) < 4.78 is 50.1. The van der Waals surface area contributed by atoms with Gasteiger partial charge in [-0.2, -0.15) is 0 Å². The van der Waals surface area contributed by atoms with E-state index in [2.05, 4.69) is 33.8 Å². The lowest BCUT2D eigenvalue weighted by Gasteiger charge is -2.58. The van der Waals surface area contributed by atoms with Gasteiger partial charge >= 0.3 is 0 Å². The lowest BCUT2D eigenvalue weighted by atomic mass is 9.47. The van der Waals surface area contributed by atoms with Crippen LogP contribution in [0.2, 0.25) is 0 Å². The molecule has 0 unspecified atom stereocenters. The quantitative estimate of drug-likeness (QED) is 0.168. The predicted octanol–water partition coefficient (Wildman–Crippen LogP) is 1.24. The van der Waals surface area contributed by atoms with Gasteiger partial charge in [0.2, 0.25) is 0 Å². The summed E-state index contributed by atoms with van der Waals surface area (Å²) in [5.74, 6) is 2.64. The van der Waals surface area contributed by atoms with Crippen molar-refractivity contribution in [1.82, 2.24) is 0 Å². The molecule has 0 radical (unpaired) electrons. The number of ether oxygens (including phenoxy) is 8. The summed E-state index contributed by atoms with van der Waals surface area (Å²) in [5.41, 5.74) is 1.53. The highest BCUT2D eigenvalue weighted by Gasteiger charge is 2.69. The van der Waals surface area contributed by atoms with Gasteiger partial charge in [-0.15, -0.1) is 0 Å². The molecular weight excluding hydrogens is 796 g/mol. The maximum Gasteiger partial charge on any atom is 0.187 e. The van der Waals surface area contributed by atoms with E-state index < -0.39 is 105 Å². The van der Waals surface area contributed by atoms with Crippen molar-refractivity contribution < 1.29 is 78.7 Å². The highest BCUT2D eigenvalue weighted by Crippen LogP contribution is 2.70. The molecule has 16 heteroatoms. The number of hydrogen-bond donors (Lipinski definition) is 8. The Balaban J connectivity index is 0.916.